The van der Waals surface area contributed by atoms with Crippen LogP contribution in [0.5, 0.6) is 0 Å². The first-order chi connectivity index (χ1) is 31.7. The zero-order valence-corrected chi connectivity index (χ0v) is 40.0. The number of amides is 2. The number of thioether (sulfide) groups is 1. The Hall–Kier alpha value is -5.48. The van der Waals surface area contributed by atoms with E-state index in [4.69, 9.17) is 51.5 Å². The van der Waals surface area contributed by atoms with Crippen LogP contribution in [0.25, 0.3) is 23.0 Å². The van der Waals surface area contributed by atoms with E-state index < -0.39 is 15.7 Å². The van der Waals surface area contributed by atoms with E-state index in [1.165, 1.54) is 12.1 Å². The van der Waals surface area contributed by atoms with E-state index >= 15 is 0 Å². The molecule has 2 aliphatic rings. The average molecular weight is 1000 g/mol. The van der Waals surface area contributed by atoms with Crippen LogP contribution < -0.4 is 10.6 Å². The molecule has 2 amide bonds. The SMILES string of the molecule is C[C@@H](NC(=O)c1nn(-c2ccc(Cl)cc2Cl)c2c1CS(=O)(=O)CC2)c1ccccc1.C[C@@H](NC(=O)c1nn(-c2ccc(Cl)cc2Cl)c2c1CSC/C2=C\c1ccc(F)cc1)c1ccccn1. The number of nitrogens with one attached hydrogen (secondary N) is 2. The van der Waals surface area contributed by atoms with E-state index in [-0.39, 0.29) is 47.4 Å². The van der Waals surface area contributed by atoms with E-state index in [0.717, 1.165) is 33.7 Å². The maximum Gasteiger partial charge on any atom is 0.272 e. The van der Waals surface area contributed by atoms with Crippen LogP contribution >= 0.6 is 58.2 Å². The number of rotatable bonds is 9. The van der Waals surface area contributed by atoms with Gasteiger partial charge in [0.25, 0.3) is 11.8 Å². The maximum atomic E-state index is 13.5. The molecule has 11 nitrogen and oxygen atoms in total. The van der Waals surface area contributed by atoms with Crippen molar-refractivity contribution in [2.24, 2.45) is 0 Å². The van der Waals surface area contributed by atoms with Crippen molar-refractivity contribution in [3.63, 3.8) is 0 Å². The van der Waals surface area contributed by atoms with Crippen LogP contribution in [0.1, 0.15) is 86.2 Å². The predicted molar refractivity (Wildman–Crippen MR) is 261 cm³/mol. The van der Waals surface area contributed by atoms with Gasteiger partial charge in [0, 0.05) is 45.3 Å². The molecule has 0 radical (unpaired) electrons. The second-order valence-electron chi connectivity index (χ2n) is 15.6. The third kappa shape index (κ3) is 10.5. The number of carbonyl (C=O) groups is 2. The van der Waals surface area contributed by atoms with E-state index in [1.54, 1.807) is 75.9 Å². The first kappa shape index (κ1) is 47.0. The predicted octanol–water partition coefficient (Wildman–Crippen LogP) is 11.1. The first-order valence-electron chi connectivity index (χ1n) is 20.6. The lowest BCUT2D eigenvalue weighted by Crippen LogP contribution is -2.29. The fourth-order valence-electron chi connectivity index (χ4n) is 7.66. The molecule has 2 aliphatic heterocycles. The topological polar surface area (TPSA) is 141 Å². The molecule has 3 aromatic heterocycles. The molecule has 0 fully saturated rings. The number of halogens is 5. The fraction of sp³-hybridized carbons (Fsp3) is 0.188. The third-order valence-corrected chi connectivity index (χ3v) is 14.6. The minimum absolute atomic E-state index is 0.00161. The molecule has 0 aliphatic carbocycles. The number of hydrogen-bond acceptors (Lipinski definition) is 8. The Morgan fingerprint density at radius 2 is 1.35 bits per heavy atom. The van der Waals surface area contributed by atoms with Gasteiger partial charge in [-0.3, -0.25) is 14.6 Å². The molecule has 0 bridgehead atoms. The third-order valence-electron chi connectivity index (χ3n) is 10.9. The number of carbonyl (C=O) groups excluding carboxylic acids is 2. The molecule has 0 spiro atoms. The summed E-state index contributed by atoms with van der Waals surface area (Å²) in [4.78, 5) is 30.8. The van der Waals surface area contributed by atoms with E-state index in [0.29, 0.717) is 59.9 Å². The van der Waals surface area contributed by atoms with Gasteiger partial charge in [0.15, 0.2) is 21.2 Å². The quantitative estimate of drug-likeness (QED) is 0.146. The number of sulfone groups is 1. The Labute approximate surface area is 405 Å². The highest BCUT2D eigenvalue weighted by molar-refractivity contribution is 7.99. The number of nitrogens with zero attached hydrogens (tertiary/aromatic N) is 5. The zero-order valence-electron chi connectivity index (χ0n) is 35.3. The van der Waals surface area contributed by atoms with Gasteiger partial charge in [0.1, 0.15) is 5.82 Å². The first-order valence-corrected chi connectivity index (χ1v) is 25.1. The van der Waals surface area contributed by atoms with Crippen LogP contribution in [0.15, 0.2) is 115 Å². The van der Waals surface area contributed by atoms with Crippen molar-refractivity contribution in [1.82, 2.24) is 35.2 Å². The molecule has 18 heteroatoms. The van der Waals surface area contributed by atoms with Crippen molar-refractivity contribution in [2.75, 3.05) is 11.5 Å². The smallest absolute Gasteiger partial charge is 0.272 e. The summed E-state index contributed by atoms with van der Waals surface area (Å²) in [5, 5.41) is 16.9. The highest BCUT2D eigenvalue weighted by atomic mass is 35.5. The second kappa shape index (κ2) is 20.2. The van der Waals surface area contributed by atoms with Crippen LogP contribution in [0.2, 0.25) is 20.1 Å². The molecule has 338 valence electrons. The molecule has 66 heavy (non-hydrogen) atoms. The Bertz CT molecular complexity index is 3100. The van der Waals surface area contributed by atoms with Gasteiger partial charge < -0.3 is 10.6 Å². The van der Waals surface area contributed by atoms with Gasteiger partial charge in [-0.05, 0) is 97.3 Å². The maximum absolute atomic E-state index is 13.5. The van der Waals surface area contributed by atoms with Crippen molar-refractivity contribution >= 4 is 91.5 Å². The summed E-state index contributed by atoms with van der Waals surface area (Å²) in [7, 11) is -3.31. The van der Waals surface area contributed by atoms with Gasteiger partial charge in [0.05, 0.1) is 62.1 Å². The van der Waals surface area contributed by atoms with Crippen molar-refractivity contribution < 1.29 is 22.4 Å². The number of pyridine rings is 1. The molecule has 4 aromatic carbocycles. The summed E-state index contributed by atoms with van der Waals surface area (Å²) < 4.78 is 41.3. The second-order valence-corrected chi connectivity index (χ2v) is 20.4. The van der Waals surface area contributed by atoms with Gasteiger partial charge in [-0.25, -0.2) is 22.2 Å². The summed E-state index contributed by atoms with van der Waals surface area (Å²) in [5.41, 5.74) is 7.81. The molecule has 9 rings (SSSR count). The standard InChI is InChI=1S/C27H21Cl2FN4OS.C21H19Cl2N3O3S/c1-16(23-4-2-3-11-31-23)32-27(35)25-21-15-36-14-18(12-17-5-8-20(30)9-6-17)26(21)34(33-25)24-10-7-19(28)13-22(24)29;1-13(14-5-3-2-4-6-14)24-21(27)20-16-12-30(28,29)10-9-18(16)26(25-20)19-8-7-15(22)11-17(19)23/h2-13,16H,14-15H2,1H3,(H,32,35);2-8,11,13H,9-10,12H2,1H3,(H,24,27)/b18-12+;/t16-;13-/m11/s1. The van der Waals surface area contributed by atoms with Gasteiger partial charge >= 0.3 is 0 Å². The minimum atomic E-state index is -3.31. The van der Waals surface area contributed by atoms with Crippen LogP contribution in [0.3, 0.4) is 0 Å². The molecule has 0 unspecified atom stereocenters. The summed E-state index contributed by atoms with van der Waals surface area (Å²) in [6.07, 6.45) is 3.94. The van der Waals surface area contributed by atoms with Crippen molar-refractivity contribution in [3.05, 3.63) is 192 Å². The van der Waals surface area contributed by atoms with Crippen LogP contribution in [-0.4, -0.2) is 56.3 Å². The van der Waals surface area contributed by atoms with Gasteiger partial charge in [-0.15, -0.1) is 0 Å². The number of benzene rings is 4. The lowest BCUT2D eigenvalue weighted by Gasteiger charge is -2.19. The average Bonchev–Trinajstić information content (AvgIpc) is 3.87. The Kier molecular flexibility index (Phi) is 14.4. The van der Waals surface area contributed by atoms with E-state index in [9.17, 15) is 22.4 Å². The monoisotopic (exact) mass is 1000 g/mol. The Morgan fingerprint density at radius 1 is 0.742 bits per heavy atom. The van der Waals surface area contributed by atoms with Crippen LogP contribution in [0, 0.1) is 5.82 Å². The number of fused-ring (bicyclic) bond motifs is 2. The summed E-state index contributed by atoms with van der Waals surface area (Å²) in [6, 6.07) is 31.0. The van der Waals surface area contributed by atoms with Crippen molar-refractivity contribution in [3.8, 4) is 11.4 Å². The number of hydrogen-bond donors (Lipinski definition) is 2. The minimum Gasteiger partial charge on any atom is -0.344 e. The van der Waals surface area contributed by atoms with Crippen molar-refractivity contribution in [1.29, 1.82) is 0 Å². The van der Waals surface area contributed by atoms with Crippen LogP contribution in [0.4, 0.5) is 4.39 Å². The lowest BCUT2D eigenvalue weighted by molar-refractivity contribution is 0.0925. The molecule has 7 aromatic rings. The molecule has 0 saturated carbocycles. The van der Waals surface area contributed by atoms with E-state index in [2.05, 4.69) is 20.7 Å². The van der Waals surface area contributed by atoms with E-state index in [1.807, 2.05) is 68.5 Å². The van der Waals surface area contributed by atoms with Gasteiger partial charge in [-0.2, -0.15) is 22.0 Å². The highest BCUT2D eigenvalue weighted by Crippen LogP contribution is 2.39. The summed E-state index contributed by atoms with van der Waals surface area (Å²) >= 11 is 26.7. The molecule has 5 heterocycles. The summed E-state index contributed by atoms with van der Waals surface area (Å²) in [6.45, 7) is 3.75. The largest absolute Gasteiger partial charge is 0.344 e. The normalized spacial score (nSPS) is 15.4. The summed E-state index contributed by atoms with van der Waals surface area (Å²) in [5.74, 6) is 0.0681. The van der Waals surface area contributed by atoms with Gasteiger partial charge in [0.2, 0.25) is 0 Å². The lowest BCUT2D eigenvalue weighted by atomic mass is 10.0. The highest BCUT2D eigenvalue weighted by Gasteiger charge is 2.33. The molecule has 2 N–H and O–H groups in total. The Balaban J connectivity index is 0.000000182. The molecule has 0 saturated heterocycles. The van der Waals surface area contributed by atoms with Gasteiger partial charge in [-0.1, -0.05) is 94.9 Å². The molecular formula is C48H40Cl4FN7O4S2. The van der Waals surface area contributed by atoms with Crippen LogP contribution in [-0.2, 0) is 27.8 Å². The van der Waals surface area contributed by atoms with Crippen molar-refractivity contribution in [2.45, 2.75) is 43.9 Å². The molecule has 2 atom stereocenters. The molecular weight excluding hydrogens is 964 g/mol. The Morgan fingerprint density at radius 3 is 1.98 bits per heavy atom. The fourth-order valence-corrected chi connectivity index (χ4v) is 11.1. The zero-order chi connectivity index (χ0) is 46.7. The number of aromatic nitrogens is 5.